The van der Waals surface area contributed by atoms with Crippen LogP contribution < -0.4 is 15.4 Å². The van der Waals surface area contributed by atoms with Crippen LogP contribution in [0.2, 0.25) is 5.15 Å². The minimum Gasteiger partial charge on any atom is -0.496 e. The van der Waals surface area contributed by atoms with Gasteiger partial charge >= 0.3 is 0 Å². The number of aliphatic imine (C=N–C) groups is 1. The molecule has 0 saturated heterocycles. The van der Waals surface area contributed by atoms with Crippen molar-refractivity contribution in [2.24, 2.45) is 4.99 Å². The fraction of sp³-hybridized carbons (Fsp3) is 0.500. The summed E-state index contributed by atoms with van der Waals surface area (Å²) in [5, 5.41) is 0.218. The molecule has 29 heavy (non-hydrogen) atoms. The molecule has 1 saturated carbocycles. The van der Waals surface area contributed by atoms with Gasteiger partial charge in [-0.2, -0.15) is 9.97 Å². The molecule has 2 aromatic rings. The van der Waals surface area contributed by atoms with E-state index in [0.717, 1.165) is 35.4 Å². The predicted octanol–water partition coefficient (Wildman–Crippen LogP) is 3.74. The number of aryl methyl sites for hydroxylation is 1. The van der Waals surface area contributed by atoms with E-state index in [1.165, 1.54) is 12.8 Å². The summed E-state index contributed by atoms with van der Waals surface area (Å²) >= 11 is 6.34. The number of rotatable bonds is 4. The maximum atomic E-state index is 6.34. The van der Waals surface area contributed by atoms with Crippen molar-refractivity contribution in [3.8, 4) is 5.75 Å². The van der Waals surface area contributed by atoms with Crippen LogP contribution >= 0.6 is 11.6 Å². The minimum atomic E-state index is 0.111. The molecule has 0 radical (unpaired) electrons. The Hall–Kier alpha value is -2.61. The lowest BCUT2D eigenvalue weighted by Gasteiger charge is -2.30. The lowest BCUT2D eigenvalue weighted by Crippen LogP contribution is -2.36. The van der Waals surface area contributed by atoms with Gasteiger partial charge in [0.15, 0.2) is 11.0 Å². The summed E-state index contributed by atoms with van der Waals surface area (Å²) in [5.74, 6) is 2.15. The molecule has 9 heteroatoms. The van der Waals surface area contributed by atoms with Gasteiger partial charge in [0.05, 0.1) is 25.9 Å². The zero-order valence-corrected chi connectivity index (χ0v) is 17.7. The molecule has 0 aromatic carbocycles. The highest BCUT2D eigenvalue weighted by atomic mass is 35.5. The first-order chi connectivity index (χ1) is 14.0. The van der Waals surface area contributed by atoms with Crippen LogP contribution in [0.4, 0.5) is 17.5 Å². The zero-order valence-electron chi connectivity index (χ0n) is 16.9. The lowest BCUT2D eigenvalue weighted by atomic mass is 10.1. The summed E-state index contributed by atoms with van der Waals surface area (Å²) in [7, 11) is 1.67. The van der Waals surface area contributed by atoms with E-state index in [-0.39, 0.29) is 17.2 Å². The summed E-state index contributed by atoms with van der Waals surface area (Å²) in [5.41, 5.74) is 9.20. The Morgan fingerprint density at radius 2 is 2.00 bits per heavy atom. The number of methoxy groups -OCH3 is 1. The van der Waals surface area contributed by atoms with Gasteiger partial charge in [-0.25, -0.2) is 4.99 Å². The third-order valence-corrected chi connectivity index (χ3v) is 5.66. The van der Waals surface area contributed by atoms with Crippen molar-refractivity contribution in [1.29, 1.82) is 0 Å². The highest BCUT2D eigenvalue weighted by Gasteiger charge is 2.29. The standard InChI is InChI=1S/C20H25ClN6O2/c1-11-8-23-14(12(2)17(11)28-3)9-27-10-15(29-13-6-4-5-7-13)24-16-18(21)25-20(22)26-19(16)27/h8,13H,4-7,9-10H2,1-3H3,(H2,22,25,26). The van der Waals surface area contributed by atoms with Crippen LogP contribution in [0.1, 0.15) is 42.5 Å². The number of nitrogens with two attached hydrogens (primary N) is 1. The molecule has 1 fully saturated rings. The summed E-state index contributed by atoms with van der Waals surface area (Å²) in [6.45, 7) is 4.94. The Bertz CT molecular complexity index is 958. The van der Waals surface area contributed by atoms with Gasteiger partial charge in [0.1, 0.15) is 17.5 Å². The van der Waals surface area contributed by atoms with Gasteiger partial charge in [0, 0.05) is 17.3 Å². The van der Waals surface area contributed by atoms with Crippen LogP contribution in [-0.4, -0.2) is 40.6 Å². The van der Waals surface area contributed by atoms with E-state index >= 15 is 0 Å². The quantitative estimate of drug-likeness (QED) is 0.757. The van der Waals surface area contributed by atoms with E-state index in [1.807, 2.05) is 24.9 Å². The van der Waals surface area contributed by atoms with Crippen molar-refractivity contribution in [3.63, 3.8) is 0 Å². The molecule has 3 heterocycles. The second kappa shape index (κ2) is 8.02. The highest BCUT2D eigenvalue weighted by molar-refractivity contribution is 6.32. The fourth-order valence-corrected chi connectivity index (χ4v) is 4.16. The molecular formula is C20H25ClN6O2. The number of aromatic nitrogens is 3. The molecule has 2 aromatic heterocycles. The zero-order chi connectivity index (χ0) is 20.5. The first-order valence-electron chi connectivity index (χ1n) is 9.77. The van der Waals surface area contributed by atoms with Crippen molar-refractivity contribution in [1.82, 2.24) is 15.0 Å². The van der Waals surface area contributed by atoms with E-state index in [0.29, 0.717) is 30.5 Å². The van der Waals surface area contributed by atoms with Crippen LogP contribution in [0.5, 0.6) is 5.75 Å². The molecule has 154 valence electrons. The summed E-state index contributed by atoms with van der Waals surface area (Å²) in [6, 6.07) is 0. The average molecular weight is 417 g/mol. The van der Waals surface area contributed by atoms with Crippen LogP contribution in [-0.2, 0) is 11.3 Å². The average Bonchev–Trinajstić information content (AvgIpc) is 3.18. The highest BCUT2D eigenvalue weighted by Crippen LogP contribution is 2.38. The SMILES string of the molecule is COc1c(C)cnc(CN2CC(OC3CCCC3)=Nc3c(Cl)nc(N)nc32)c1C. The molecule has 1 aliphatic heterocycles. The lowest BCUT2D eigenvalue weighted by molar-refractivity contribution is 0.192. The van der Waals surface area contributed by atoms with Crippen molar-refractivity contribution >= 4 is 35.0 Å². The van der Waals surface area contributed by atoms with Gasteiger partial charge in [0.2, 0.25) is 11.8 Å². The number of pyridine rings is 1. The molecule has 0 atom stereocenters. The van der Waals surface area contributed by atoms with Gasteiger partial charge < -0.3 is 20.1 Å². The third-order valence-electron chi connectivity index (χ3n) is 5.40. The maximum absolute atomic E-state index is 6.34. The Morgan fingerprint density at radius 3 is 2.72 bits per heavy atom. The molecule has 2 N–H and O–H groups in total. The molecular weight excluding hydrogens is 392 g/mol. The number of hydrogen-bond donors (Lipinski definition) is 1. The van der Waals surface area contributed by atoms with E-state index in [4.69, 9.17) is 26.8 Å². The minimum absolute atomic E-state index is 0.111. The molecule has 0 bridgehead atoms. The predicted molar refractivity (Wildman–Crippen MR) is 113 cm³/mol. The van der Waals surface area contributed by atoms with Crippen LogP contribution in [0.15, 0.2) is 11.2 Å². The topological polar surface area (TPSA) is 98.8 Å². The molecule has 8 nitrogen and oxygen atoms in total. The van der Waals surface area contributed by atoms with E-state index in [9.17, 15) is 0 Å². The van der Waals surface area contributed by atoms with E-state index in [2.05, 4.69) is 19.9 Å². The number of nitrogen functional groups attached to an aromatic ring is 1. The summed E-state index contributed by atoms with van der Waals surface area (Å²) in [4.78, 5) is 19.7. The van der Waals surface area contributed by atoms with Gasteiger partial charge in [-0.1, -0.05) is 11.6 Å². The largest absolute Gasteiger partial charge is 0.496 e. The second-order valence-electron chi connectivity index (χ2n) is 7.48. The first-order valence-corrected chi connectivity index (χ1v) is 10.1. The van der Waals surface area contributed by atoms with Gasteiger partial charge in [-0.3, -0.25) is 4.98 Å². The number of ether oxygens (including phenoxy) is 2. The molecule has 0 unspecified atom stereocenters. The number of anilines is 2. The second-order valence-corrected chi connectivity index (χ2v) is 7.83. The molecule has 0 amide bonds. The third kappa shape index (κ3) is 3.94. The van der Waals surface area contributed by atoms with Crippen molar-refractivity contribution in [3.05, 3.63) is 28.2 Å². The number of fused-ring (bicyclic) bond motifs is 1. The van der Waals surface area contributed by atoms with Gasteiger partial charge in [0.25, 0.3) is 0 Å². The normalized spacial score (nSPS) is 16.6. The van der Waals surface area contributed by atoms with E-state index in [1.54, 1.807) is 7.11 Å². The Kier molecular flexibility index (Phi) is 5.45. The van der Waals surface area contributed by atoms with Crippen LogP contribution in [0, 0.1) is 13.8 Å². The molecule has 4 rings (SSSR count). The molecule has 1 aliphatic carbocycles. The molecule has 2 aliphatic rings. The smallest absolute Gasteiger partial charge is 0.223 e. The van der Waals surface area contributed by atoms with Gasteiger partial charge in [-0.05, 0) is 39.5 Å². The van der Waals surface area contributed by atoms with Crippen LogP contribution in [0.3, 0.4) is 0 Å². The number of halogens is 1. The number of hydrogen-bond acceptors (Lipinski definition) is 8. The van der Waals surface area contributed by atoms with Crippen molar-refractivity contribution in [2.75, 3.05) is 24.3 Å². The van der Waals surface area contributed by atoms with Crippen LogP contribution in [0.25, 0.3) is 0 Å². The number of nitrogens with zero attached hydrogens (tertiary/aromatic N) is 5. The first kappa shape index (κ1) is 19.7. The Labute approximate surface area is 175 Å². The monoisotopic (exact) mass is 416 g/mol. The van der Waals surface area contributed by atoms with Crippen molar-refractivity contribution in [2.45, 2.75) is 52.2 Å². The summed E-state index contributed by atoms with van der Waals surface area (Å²) < 4.78 is 11.7. The van der Waals surface area contributed by atoms with E-state index < -0.39 is 0 Å². The van der Waals surface area contributed by atoms with Crippen molar-refractivity contribution < 1.29 is 9.47 Å². The Morgan fingerprint density at radius 1 is 1.24 bits per heavy atom. The Balaban J connectivity index is 1.69. The van der Waals surface area contributed by atoms with Gasteiger partial charge in [-0.15, -0.1) is 0 Å². The fourth-order valence-electron chi connectivity index (χ4n) is 3.95. The maximum Gasteiger partial charge on any atom is 0.223 e. The summed E-state index contributed by atoms with van der Waals surface area (Å²) in [6.07, 6.45) is 6.49. The molecule has 0 spiro atoms.